The number of rotatable bonds is 10. The molecule has 3 aromatic rings. The number of anilines is 1. The van der Waals surface area contributed by atoms with Crippen molar-refractivity contribution in [2.75, 3.05) is 31.0 Å². The largest absolute Gasteiger partial charge is 0.481 e. The summed E-state index contributed by atoms with van der Waals surface area (Å²) in [5, 5.41) is 9.54. The normalized spacial score (nSPS) is 11.0. The number of aromatic carboxylic acids is 1. The Balaban J connectivity index is 1.99. The number of methoxy groups -OCH3 is 1. The molecule has 9 nitrogen and oxygen atoms in total. The standard InChI is InChI=1S/C24H25N3O6S/c1-3-26(23(28)18-9-5-4-6-10-18)15-16-27(19-13-14-22(33-2)25-17-19)34(31,32)21-12-8-7-11-20(21)24(29)30/h4-14,17H,3,15-16H2,1-2H3,(H,29,30). The molecule has 2 aromatic carbocycles. The number of benzene rings is 2. The van der Waals surface area contributed by atoms with Gasteiger partial charge in [-0.25, -0.2) is 18.2 Å². The van der Waals surface area contributed by atoms with Gasteiger partial charge in [-0.1, -0.05) is 30.3 Å². The zero-order valence-electron chi connectivity index (χ0n) is 18.8. The van der Waals surface area contributed by atoms with Crippen molar-refractivity contribution < 1.29 is 27.9 Å². The zero-order chi connectivity index (χ0) is 24.7. The van der Waals surface area contributed by atoms with E-state index in [0.29, 0.717) is 18.0 Å². The average Bonchev–Trinajstić information content (AvgIpc) is 2.87. The first kappa shape index (κ1) is 24.7. The van der Waals surface area contributed by atoms with E-state index in [4.69, 9.17) is 4.74 Å². The van der Waals surface area contributed by atoms with E-state index in [2.05, 4.69) is 4.98 Å². The van der Waals surface area contributed by atoms with Crippen LogP contribution in [0.3, 0.4) is 0 Å². The molecular weight excluding hydrogens is 458 g/mol. The van der Waals surface area contributed by atoms with E-state index in [0.717, 1.165) is 4.31 Å². The van der Waals surface area contributed by atoms with Crippen LogP contribution in [0.25, 0.3) is 0 Å². The highest BCUT2D eigenvalue weighted by atomic mass is 32.2. The fraction of sp³-hybridized carbons (Fsp3) is 0.208. The van der Waals surface area contributed by atoms with E-state index in [-0.39, 0.29) is 35.1 Å². The molecule has 0 radical (unpaired) electrons. The van der Waals surface area contributed by atoms with Crippen molar-refractivity contribution in [3.05, 3.63) is 84.1 Å². The minimum absolute atomic E-state index is 0.0741. The predicted octanol–water partition coefficient (Wildman–Crippen LogP) is 3.15. The van der Waals surface area contributed by atoms with Gasteiger partial charge in [0.05, 0.1) is 31.1 Å². The summed E-state index contributed by atoms with van der Waals surface area (Å²) in [6.07, 6.45) is 1.33. The first-order valence-corrected chi connectivity index (χ1v) is 11.9. The van der Waals surface area contributed by atoms with E-state index in [1.54, 1.807) is 37.3 Å². The molecule has 1 aromatic heterocycles. The third-order valence-corrected chi connectivity index (χ3v) is 7.05. The zero-order valence-corrected chi connectivity index (χ0v) is 19.6. The molecule has 3 rings (SSSR count). The molecule has 0 aliphatic rings. The fourth-order valence-corrected chi connectivity index (χ4v) is 5.02. The van der Waals surface area contributed by atoms with Gasteiger partial charge < -0.3 is 14.7 Å². The molecule has 10 heteroatoms. The second kappa shape index (κ2) is 10.8. The Labute approximate surface area is 198 Å². The number of nitrogens with zero attached hydrogens (tertiary/aromatic N) is 3. The molecule has 1 heterocycles. The van der Waals surface area contributed by atoms with E-state index in [1.807, 2.05) is 0 Å². The highest BCUT2D eigenvalue weighted by molar-refractivity contribution is 7.93. The molecule has 0 saturated carbocycles. The quantitative estimate of drug-likeness (QED) is 0.471. The van der Waals surface area contributed by atoms with Crippen molar-refractivity contribution in [3.8, 4) is 5.88 Å². The van der Waals surface area contributed by atoms with Gasteiger partial charge in [0.2, 0.25) is 5.88 Å². The lowest BCUT2D eigenvalue weighted by Crippen LogP contribution is -2.41. The molecular formula is C24H25N3O6S. The lowest BCUT2D eigenvalue weighted by molar-refractivity contribution is 0.0692. The molecule has 1 N–H and O–H groups in total. The number of hydrogen-bond donors (Lipinski definition) is 1. The number of ether oxygens (including phenoxy) is 1. The lowest BCUT2D eigenvalue weighted by atomic mass is 10.2. The van der Waals surface area contributed by atoms with Crippen LogP contribution in [0, 0.1) is 0 Å². The van der Waals surface area contributed by atoms with Crippen LogP contribution in [0.2, 0.25) is 0 Å². The van der Waals surface area contributed by atoms with E-state index < -0.39 is 16.0 Å². The number of sulfonamides is 1. The third kappa shape index (κ3) is 5.34. The Morgan fingerprint density at radius 1 is 0.971 bits per heavy atom. The number of carboxylic acid groups (broad SMARTS) is 1. The summed E-state index contributed by atoms with van der Waals surface area (Å²) < 4.78 is 33.4. The Bertz CT molecular complexity index is 1250. The van der Waals surface area contributed by atoms with Gasteiger partial charge in [-0.05, 0) is 37.3 Å². The summed E-state index contributed by atoms with van der Waals surface area (Å²) in [5.74, 6) is -1.30. The maximum atomic E-state index is 13.7. The number of hydrogen-bond acceptors (Lipinski definition) is 6. The molecule has 0 spiro atoms. The Hall–Kier alpha value is -3.92. The summed E-state index contributed by atoms with van der Waals surface area (Å²) in [6, 6.07) is 17.1. The van der Waals surface area contributed by atoms with Crippen molar-refractivity contribution in [1.82, 2.24) is 9.88 Å². The minimum atomic E-state index is -4.31. The lowest BCUT2D eigenvalue weighted by Gasteiger charge is -2.28. The molecule has 0 aliphatic heterocycles. The molecule has 0 aliphatic carbocycles. The topological polar surface area (TPSA) is 117 Å². The summed E-state index contributed by atoms with van der Waals surface area (Å²) in [6.45, 7) is 2.12. The summed E-state index contributed by atoms with van der Waals surface area (Å²) in [4.78, 5) is 29.9. The van der Waals surface area contributed by atoms with Crippen molar-refractivity contribution in [2.24, 2.45) is 0 Å². The van der Waals surface area contributed by atoms with Crippen LogP contribution in [0.5, 0.6) is 5.88 Å². The van der Waals surface area contributed by atoms with Gasteiger partial charge in [-0.2, -0.15) is 0 Å². The van der Waals surface area contributed by atoms with Crippen molar-refractivity contribution >= 4 is 27.6 Å². The highest BCUT2D eigenvalue weighted by Crippen LogP contribution is 2.26. The van der Waals surface area contributed by atoms with Crippen LogP contribution >= 0.6 is 0 Å². The number of carboxylic acids is 1. The van der Waals surface area contributed by atoms with Gasteiger partial charge in [0.15, 0.2) is 0 Å². The van der Waals surface area contributed by atoms with Crippen LogP contribution in [0.15, 0.2) is 77.8 Å². The number of aromatic nitrogens is 1. The SMILES string of the molecule is CCN(CCN(c1ccc(OC)nc1)S(=O)(=O)c1ccccc1C(=O)O)C(=O)c1ccccc1. The molecule has 1 amide bonds. The van der Waals surface area contributed by atoms with Gasteiger partial charge in [0, 0.05) is 24.7 Å². The number of likely N-dealkylation sites (N-methyl/N-ethyl adjacent to an activating group) is 1. The average molecular weight is 484 g/mol. The highest BCUT2D eigenvalue weighted by Gasteiger charge is 2.30. The van der Waals surface area contributed by atoms with Crippen molar-refractivity contribution in [3.63, 3.8) is 0 Å². The Morgan fingerprint density at radius 3 is 2.24 bits per heavy atom. The Morgan fingerprint density at radius 2 is 1.65 bits per heavy atom. The van der Waals surface area contributed by atoms with Gasteiger partial charge >= 0.3 is 5.97 Å². The molecule has 0 fully saturated rings. The fourth-order valence-electron chi connectivity index (χ4n) is 3.39. The minimum Gasteiger partial charge on any atom is -0.481 e. The predicted molar refractivity (Wildman–Crippen MR) is 127 cm³/mol. The van der Waals surface area contributed by atoms with E-state index >= 15 is 0 Å². The van der Waals surface area contributed by atoms with E-state index in [1.165, 1.54) is 54.6 Å². The van der Waals surface area contributed by atoms with Crippen LogP contribution in [-0.4, -0.2) is 62.0 Å². The molecule has 0 atom stereocenters. The molecule has 34 heavy (non-hydrogen) atoms. The maximum absolute atomic E-state index is 13.7. The van der Waals surface area contributed by atoms with Crippen LogP contribution in [0.1, 0.15) is 27.6 Å². The van der Waals surface area contributed by atoms with Gasteiger partial charge in [0.1, 0.15) is 4.90 Å². The second-order valence-corrected chi connectivity index (χ2v) is 9.02. The maximum Gasteiger partial charge on any atom is 0.337 e. The first-order chi connectivity index (χ1) is 16.3. The number of carbonyl (C=O) groups is 2. The van der Waals surface area contributed by atoms with Crippen molar-refractivity contribution in [1.29, 1.82) is 0 Å². The van der Waals surface area contributed by atoms with Gasteiger partial charge in [-0.3, -0.25) is 9.10 Å². The number of pyridine rings is 1. The van der Waals surface area contributed by atoms with Crippen LogP contribution in [0.4, 0.5) is 5.69 Å². The third-order valence-electron chi connectivity index (χ3n) is 5.17. The summed E-state index contributed by atoms with van der Waals surface area (Å²) >= 11 is 0. The van der Waals surface area contributed by atoms with Crippen molar-refractivity contribution in [2.45, 2.75) is 11.8 Å². The molecule has 0 saturated heterocycles. The van der Waals surface area contributed by atoms with Gasteiger partial charge in [0.25, 0.3) is 15.9 Å². The van der Waals surface area contributed by atoms with Crippen LogP contribution in [-0.2, 0) is 10.0 Å². The smallest absolute Gasteiger partial charge is 0.337 e. The monoisotopic (exact) mass is 483 g/mol. The second-order valence-electron chi connectivity index (χ2n) is 7.19. The van der Waals surface area contributed by atoms with Crippen LogP contribution < -0.4 is 9.04 Å². The number of amides is 1. The first-order valence-electron chi connectivity index (χ1n) is 10.5. The van der Waals surface area contributed by atoms with Gasteiger partial charge in [-0.15, -0.1) is 0 Å². The van der Waals surface area contributed by atoms with E-state index in [9.17, 15) is 23.1 Å². The molecule has 178 valence electrons. The molecule has 0 bridgehead atoms. The summed E-state index contributed by atoms with van der Waals surface area (Å²) in [5.41, 5.74) is 0.354. The summed E-state index contributed by atoms with van der Waals surface area (Å²) in [7, 11) is -2.87. The molecule has 0 unspecified atom stereocenters. The Kier molecular flexibility index (Phi) is 7.85. The number of carbonyl (C=O) groups excluding carboxylic acids is 1.